The number of nitrogens with one attached hydrogen (secondary N) is 1. The van der Waals surface area contributed by atoms with Crippen molar-refractivity contribution in [3.63, 3.8) is 0 Å². The van der Waals surface area contributed by atoms with Crippen LogP contribution in [0.3, 0.4) is 0 Å². The smallest absolute Gasteiger partial charge is 0.327 e. The van der Waals surface area contributed by atoms with Crippen molar-refractivity contribution >= 4 is 67.7 Å². The third-order valence-electron chi connectivity index (χ3n) is 4.27. The molecule has 2 fully saturated rings. The largest absolute Gasteiger partial charge is 0.480 e. The van der Waals surface area contributed by atoms with Crippen LogP contribution in [0.15, 0.2) is 10.5 Å². The highest BCUT2D eigenvalue weighted by molar-refractivity contribution is 9.09. The van der Waals surface area contributed by atoms with Crippen LogP contribution in [0.4, 0.5) is 5.13 Å². The molecule has 4 atom stereocenters. The van der Waals surface area contributed by atoms with Crippen LogP contribution >= 0.6 is 39.0 Å². The third kappa shape index (κ3) is 3.27. The summed E-state index contributed by atoms with van der Waals surface area (Å²) in [5.74, 6) is -2.18. The van der Waals surface area contributed by atoms with E-state index in [-0.39, 0.29) is 16.5 Å². The van der Waals surface area contributed by atoms with Crippen molar-refractivity contribution in [1.82, 2.24) is 15.2 Å². The Kier molecular flexibility index (Phi) is 5.36. The minimum Gasteiger partial charge on any atom is -0.480 e. The first kappa shape index (κ1) is 19.9. The summed E-state index contributed by atoms with van der Waals surface area (Å²) in [6, 6.07) is -1.83. The average Bonchev–Trinajstić information content (AvgIpc) is 3.17. The molecule has 3 rings (SSSR count). The number of β-lactam (4-membered cyclic amide) rings is 1. The van der Waals surface area contributed by atoms with E-state index in [0.717, 1.165) is 11.3 Å². The number of carboxylic acids is 1. The molecular weight excluding hydrogens is 462 g/mol. The number of thioether (sulfide) groups is 1. The van der Waals surface area contributed by atoms with E-state index in [0.29, 0.717) is 5.33 Å². The van der Waals surface area contributed by atoms with Crippen LogP contribution in [0.5, 0.6) is 0 Å². The van der Waals surface area contributed by atoms with Gasteiger partial charge in [-0.1, -0.05) is 21.1 Å². The number of alkyl halides is 1. The molecule has 0 saturated carbocycles. The Hall–Kier alpha value is -1.86. The first-order valence-corrected chi connectivity index (χ1v) is 10.5. The van der Waals surface area contributed by atoms with Crippen LogP contribution < -0.4 is 11.1 Å². The number of amides is 2. The van der Waals surface area contributed by atoms with Gasteiger partial charge in [0.15, 0.2) is 10.8 Å². The number of hydrogen-bond acceptors (Lipinski definition) is 9. The molecule has 4 N–H and O–H groups in total. The number of nitrogens with zero attached hydrogens (tertiary/aromatic N) is 3. The second kappa shape index (κ2) is 7.28. The number of halogens is 1. The Morgan fingerprint density at radius 2 is 2.30 bits per heavy atom. The van der Waals surface area contributed by atoms with Gasteiger partial charge in [-0.3, -0.25) is 9.59 Å². The molecule has 2 amide bonds. The quantitative estimate of drug-likeness (QED) is 0.226. The zero-order valence-electron chi connectivity index (χ0n) is 14.2. The Balaban J connectivity index is 1.79. The third-order valence-corrected chi connectivity index (χ3v) is 8.13. The number of rotatable bonds is 6. The normalized spacial score (nSPS) is 29.9. The van der Waals surface area contributed by atoms with Crippen molar-refractivity contribution in [1.29, 1.82) is 0 Å². The summed E-state index contributed by atoms with van der Waals surface area (Å²) in [5, 5.41) is 17.5. The standard InChI is InChI=1S/C14H16BrN5O5S2/c1-14(4-15)8(12(23)24)20-10(22)7(11(20)27-14)18-9(21)6(19-25-2)5-3-26-13(16)17-5/h3,7-8,11H,4H2,1-2H3,(H2,16,17)(H,18,21)(H,23,24). The van der Waals surface area contributed by atoms with Gasteiger partial charge in [0.05, 0.1) is 4.75 Å². The molecule has 0 radical (unpaired) electrons. The molecule has 0 spiro atoms. The summed E-state index contributed by atoms with van der Waals surface area (Å²) in [7, 11) is 1.28. The molecule has 0 bridgehead atoms. The van der Waals surface area contributed by atoms with Crippen LogP contribution in [-0.4, -0.2) is 73.1 Å². The van der Waals surface area contributed by atoms with E-state index in [4.69, 9.17) is 10.6 Å². The number of aliphatic carboxylic acids is 1. The van der Waals surface area contributed by atoms with E-state index in [9.17, 15) is 19.5 Å². The van der Waals surface area contributed by atoms with Crippen molar-refractivity contribution in [2.75, 3.05) is 18.2 Å². The number of thiazole rings is 1. The number of fused-ring (bicyclic) bond motifs is 1. The Morgan fingerprint density at radius 3 is 2.81 bits per heavy atom. The van der Waals surface area contributed by atoms with Gasteiger partial charge in [-0.25, -0.2) is 9.78 Å². The lowest BCUT2D eigenvalue weighted by molar-refractivity contribution is -0.160. The van der Waals surface area contributed by atoms with Crippen molar-refractivity contribution in [2.24, 2.45) is 5.16 Å². The molecule has 1 aromatic heterocycles. The van der Waals surface area contributed by atoms with Crippen LogP contribution in [-0.2, 0) is 19.2 Å². The Labute approximate surface area is 170 Å². The highest BCUT2D eigenvalue weighted by Crippen LogP contribution is 2.51. The molecule has 4 unspecified atom stereocenters. The maximum Gasteiger partial charge on any atom is 0.327 e. The monoisotopic (exact) mass is 477 g/mol. The number of hydrogen-bond donors (Lipinski definition) is 3. The van der Waals surface area contributed by atoms with Gasteiger partial charge in [0.1, 0.15) is 30.3 Å². The van der Waals surface area contributed by atoms with E-state index in [1.54, 1.807) is 12.3 Å². The van der Waals surface area contributed by atoms with E-state index in [1.165, 1.54) is 23.8 Å². The molecule has 10 nitrogen and oxygen atoms in total. The van der Waals surface area contributed by atoms with Gasteiger partial charge in [-0.05, 0) is 6.92 Å². The number of nitrogen functional groups attached to an aromatic ring is 1. The van der Waals surface area contributed by atoms with E-state index >= 15 is 0 Å². The van der Waals surface area contributed by atoms with Gasteiger partial charge < -0.3 is 25.9 Å². The number of aromatic nitrogens is 1. The molecule has 0 aromatic carbocycles. The highest BCUT2D eigenvalue weighted by Gasteiger charge is 2.65. The lowest BCUT2D eigenvalue weighted by atomic mass is 9.96. The molecule has 3 heterocycles. The number of carbonyl (C=O) groups is 3. The van der Waals surface area contributed by atoms with Gasteiger partial charge in [-0.15, -0.1) is 23.1 Å². The summed E-state index contributed by atoms with van der Waals surface area (Å²) < 4.78 is -0.710. The summed E-state index contributed by atoms with van der Waals surface area (Å²) in [6.07, 6.45) is 0. The summed E-state index contributed by atoms with van der Waals surface area (Å²) in [4.78, 5) is 46.8. The van der Waals surface area contributed by atoms with Crippen LogP contribution in [0.25, 0.3) is 0 Å². The fourth-order valence-electron chi connectivity index (χ4n) is 3.04. The molecule has 27 heavy (non-hydrogen) atoms. The molecule has 2 aliphatic rings. The zero-order valence-corrected chi connectivity index (χ0v) is 17.4. The lowest BCUT2D eigenvalue weighted by Crippen LogP contribution is -2.71. The fourth-order valence-corrected chi connectivity index (χ4v) is 5.91. The Bertz CT molecular complexity index is 833. The van der Waals surface area contributed by atoms with Crippen LogP contribution in [0.2, 0.25) is 0 Å². The topological polar surface area (TPSA) is 147 Å². The molecule has 0 aliphatic carbocycles. The number of oxime groups is 1. The van der Waals surface area contributed by atoms with Crippen molar-refractivity contribution in [2.45, 2.75) is 29.1 Å². The summed E-state index contributed by atoms with van der Waals surface area (Å²) >= 11 is 5.80. The van der Waals surface area contributed by atoms with Crippen molar-refractivity contribution < 1.29 is 24.3 Å². The van der Waals surface area contributed by atoms with Gasteiger partial charge >= 0.3 is 5.97 Å². The van der Waals surface area contributed by atoms with Gasteiger partial charge in [0.2, 0.25) is 5.91 Å². The first-order valence-electron chi connectivity index (χ1n) is 7.65. The van der Waals surface area contributed by atoms with E-state index in [1.807, 2.05) is 0 Å². The fraction of sp³-hybridized carbons (Fsp3) is 0.500. The molecule has 1 aromatic rings. The predicted molar refractivity (Wildman–Crippen MR) is 104 cm³/mol. The van der Waals surface area contributed by atoms with Gasteiger partial charge in [0.25, 0.3) is 5.91 Å². The average molecular weight is 478 g/mol. The highest BCUT2D eigenvalue weighted by atomic mass is 79.9. The molecule has 13 heteroatoms. The maximum absolute atomic E-state index is 12.6. The SMILES string of the molecule is CON=C(C(=O)NC1C(=O)N2C1SC(C)(CBr)C2C(=O)O)c1csc(N)n1. The van der Waals surface area contributed by atoms with Crippen LogP contribution in [0.1, 0.15) is 12.6 Å². The molecular formula is C14H16BrN5O5S2. The second-order valence-electron chi connectivity index (χ2n) is 6.09. The van der Waals surface area contributed by atoms with Gasteiger partial charge in [0, 0.05) is 10.7 Å². The minimum absolute atomic E-state index is 0.113. The van der Waals surface area contributed by atoms with Crippen LogP contribution in [0, 0.1) is 0 Å². The summed E-state index contributed by atoms with van der Waals surface area (Å²) in [5.41, 5.74) is 5.70. The molecule has 146 valence electrons. The Morgan fingerprint density at radius 1 is 1.59 bits per heavy atom. The summed E-state index contributed by atoms with van der Waals surface area (Å²) in [6.45, 7) is 1.77. The maximum atomic E-state index is 12.6. The molecule has 2 saturated heterocycles. The number of carbonyl (C=O) groups excluding carboxylic acids is 2. The molecule has 2 aliphatic heterocycles. The zero-order chi connectivity index (χ0) is 19.9. The number of nitrogens with two attached hydrogens (primary N) is 1. The lowest BCUT2D eigenvalue weighted by Gasteiger charge is -2.43. The minimum atomic E-state index is -1.08. The predicted octanol–water partition coefficient (Wildman–Crippen LogP) is 0.0825. The van der Waals surface area contributed by atoms with Gasteiger partial charge in [-0.2, -0.15) is 0 Å². The number of anilines is 1. The van der Waals surface area contributed by atoms with Crippen molar-refractivity contribution in [3.05, 3.63) is 11.1 Å². The second-order valence-corrected chi connectivity index (χ2v) is 9.19. The van der Waals surface area contributed by atoms with E-state index < -0.39 is 40.0 Å². The van der Waals surface area contributed by atoms with Crippen molar-refractivity contribution in [3.8, 4) is 0 Å². The number of carboxylic acid groups (broad SMARTS) is 1. The van der Waals surface area contributed by atoms with E-state index in [2.05, 4.69) is 31.4 Å². The first-order chi connectivity index (χ1) is 12.7.